The lowest BCUT2D eigenvalue weighted by molar-refractivity contribution is -0.122. The van der Waals surface area contributed by atoms with Crippen LogP contribution in [0.3, 0.4) is 0 Å². The molecule has 6 heteroatoms. The average Bonchev–Trinajstić information content (AvgIpc) is 2.69. The Hall–Kier alpha value is -0.810. The summed E-state index contributed by atoms with van der Waals surface area (Å²) >= 11 is 0. The summed E-state index contributed by atoms with van der Waals surface area (Å²) in [5, 5.41) is 6.64. The minimum atomic E-state index is 0. The van der Waals surface area contributed by atoms with Gasteiger partial charge in [-0.3, -0.25) is 9.69 Å². The van der Waals surface area contributed by atoms with Crippen molar-refractivity contribution >= 4 is 30.7 Å². The molecule has 2 atom stereocenters. The van der Waals surface area contributed by atoms with E-state index in [0.717, 1.165) is 45.6 Å². The van der Waals surface area contributed by atoms with Gasteiger partial charge in [-0.2, -0.15) is 0 Å². The molecule has 0 radical (unpaired) electrons. The van der Waals surface area contributed by atoms with Crippen molar-refractivity contribution in [2.75, 3.05) is 26.2 Å². The molecule has 1 amide bonds. The van der Waals surface area contributed by atoms with Crippen LogP contribution in [0.2, 0.25) is 0 Å². The minimum absolute atomic E-state index is 0. The van der Waals surface area contributed by atoms with Crippen molar-refractivity contribution in [1.29, 1.82) is 0 Å². The van der Waals surface area contributed by atoms with E-state index in [0.29, 0.717) is 24.3 Å². The standard InChI is InChI=1S/C22H35N3O.2ClH/c1-3-21(25-13-10-19-6-4-5-7-20(19)16-25)15-24-22(26)14-17(2)18-8-11-23-12-9-18;;/h4-7,17-18,21,23H,3,8-16H2,1-2H3,(H,24,26);2*1H. The van der Waals surface area contributed by atoms with E-state index in [1.807, 2.05) is 0 Å². The van der Waals surface area contributed by atoms with Crippen LogP contribution in [0.1, 0.15) is 50.7 Å². The van der Waals surface area contributed by atoms with Gasteiger partial charge in [0, 0.05) is 32.1 Å². The third-order valence-corrected chi connectivity index (χ3v) is 6.38. The quantitative estimate of drug-likeness (QED) is 0.692. The summed E-state index contributed by atoms with van der Waals surface area (Å²) in [6.45, 7) is 9.56. The predicted molar refractivity (Wildman–Crippen MR) is 122 cm³/mol. The van der Waals surface area contributed by atoms with Crippen LogP contribution in [0.4, 0.5) is 0 Å². The van der Waals surface area contributed by atoms with Gasteiger partial charge in [0.05, 0.1) is 0 Å². The van der Waals surface area contributed by atoms with E-state index >= 15 is 0 Å². The van der Waals surface area contributed by atoms with E-state index in [9.17, 15) is 4.79 Å². The molecule has 3 rings (SSSR count). The van der Waals surface area contributed by atoms with Crippen molar-refractivity contribution < 1.29 is 4.79 Å². The van der Waals surface area contributed by atoms with Crippen molar-refractivity contribution in [2.24, 2.45) is 11.8 Å². The summed E-state index contributed by atoms with van der Waals surface area (Å²) in [6.07, 6.45) is 5.28. The lowest BCUT2D eigenvalue weighted by Gasteiger charge is -2.35. The summed E-state index contributed by atoms with van der Waals surface area (Å²) in [5.41, 5.74) is 2.93. The second kappa shape index (κ2) is 12.7. The maximum absolute atomic E-state index is 12.5. The Morgan fingerprint density at radius 2 is 1.89 bits per heavy atom. The van der Waals surface area contributed by atoms with E-state index < -0.39 is 0 Å². The highest BCUT2D eigenvalue weighted by molar-refractivity contribution is 5.85. The van der Waals surface area contributed by atoms with Gasteiger partial charge < -0.3 is 10.6 Å². The van der Waals surface area contributed by atoms with E-state index in [-0.39, 0.29) is 30.7 Å². The highest BCUT2D eigenvalue weighted by Gasteiger charge is 2.24. The van der Waals surface area contributed by atoms with Crippen LogP contribution in [0, 0.1) is 11.8 Å². The highest BCUT2D eigenvalue weighted by atomic mass is 35.5. The number of piperidine rings is 1. The first-order valence-corrected chi connectivity index (χ1v) is 10.5. The van der Waals surface area contributed by atoms with Crippen LogP contribution < -0.4 is 10.6 Å². The van der Waals surface area contributed by atoms with Crippen LogP contribution in [0.5, 0.6) is 0 Å². The third-order valence-electron chi connectivity index (χ3n) is 6.38. The van der Waals surface area contributed by atoms with Gasteiger partial charge in [-0.25, -0.2) is 0 Å². The molecular weight excluding hydrogens is 393 g/mol. The van der Waals surface area contributed by atoms with Crippen LogP contribution >= 0.6 is 24.8 Å². The fourth-order valence-electron chi connectivity index (χ4n) is 4.54. The zero-order chi connectivity index (χ0) is 18.4. The summed E-state index contributed by atoms with van der Waals surface area (Å²) in [7, 11) is 0. The van der Waals surface area contributed by atoms with E-state index in [1.54, 1.807) is 0 Å². The molecule has 28 heavy (non-hydrogen) atoms. The normalized spacial score (nSPS) is 19.5. The number of carbonyl (C=O) groups excluding carboxylic acids is 1. The van der Waals surface area contributed by atoms with Gasteiger partial charge in [-0.15, -0.1) is 24.8 Å². The summed E-state index contributed by atoms with van der Waals surface area (Å²) in [5.74, 6) is 1.41. The predicted octanol–water partition coefficient (Wildman–Crippen LogP) is 3.81. The fourth-order valence-corrected chi connectivity index (χ4v) is 4.54. The second-order valence-corrected chi connectivity index (χ2v) is 8.12. The topological polar surface area (TPSA) is 44.4 Å². The number of hydrogen-bond acceptors (Lipinski definition) is 3. The number of rotatable bonds is 7. The molecule has 0 bridgehead atoms. The number of halogens is 2. The number of hydrogen-bond donors (Lipinski definition) is 2. The van der Waals surface area contributed by atoms with Gasteiger partial charge in [0.15, 0.2) is 0 Å². The van der Waals surface area contributed by atoms with Crippen molar-refractivity contribution in [2.45, 2.75) is 58.5 Å². The molecule has 2 unspecified atom stereocenters. The van der Waals surface area contributed by atoms with Gasteiger partial charge >= 0.3 is 0 Å². The molecule has 1 saturated heterocycles. The number of fused-ring (bicyclic) bond motifs is 1. The lowest BCUT2D eigenvalue weighted by Crippen LogP contribution is -2.46. The zero-order valence-corrected chi connectivity index (χ0v) is 18.9. The number of benzene rings is 1. The monoisotopic (exact) mass is 429 g/mol. The van der Waals surface area contributed by atoms with Crippen molar-refractivity contribution in [3.05, 3.63) is 35.4 Å². The third kappa shape index (κ3) is 6.91. The van der Waals surface area contributed by atoms with Gasteiger partial charge in [-0.05, 0) is 61.7 Å². The first kappa shape index (κ1) is 25.2. The van der Waals surface area contributed by atoms with E-state index in [4.69, 9.17) is 0 Å². The minimum Gasteiger partial charge on any atom is -0.355 e. The molecule has 2 N–H and O–H groups in total. The molecular formula is C22H37Cl2N3O. The largest absolute Gasteiger partial charge is 0.355 e. The Bertz CT molecular complexity index is 593. The molecule has 1 aromatic carbocycles. The van der Waals surface area contributed by atoms with Gasteiger partial charge in [0.25, 0.3) is 0 Å². The molecule has 2 heterocycles. The van der Waals surface area contributed by atoms with Gasteiger partial charge in [0.2, 0.25) is 5.91 Å². The van der Waals surface area contributed by atoms with Crippen molar-refractivity contribution in [3.8, 4) is 0 Å². The van der Waals surface area contributed by atoms with Crippen LogP contribution in [-0.4, -0.2) is 43.0 Å². The molecule has 1 aromatic rings. The molecule has 2 aliphatic rings. The molecule has 4 nitrogen and oxygen atoms in total. The first-order chi connectivity index (χ1) is 12.7. The zero-order valence-electron chi connectivity index (χ0n) is 17.3. The van der Waals surface area contributed by atoms with Crippen molar-refractivity contribution in [3.63, 3.8) is 0 Å². The SMILES string of the molecule is CCC(CNC(=O)CC(C)C1CCNCC1)N1CCc2ccccc2C1.Cl.Cl. The van der Waals surface area contributed by atoms with Crippen LogP contribution in [0.25, 0.3) is 0 Å². The average molecular weight is 430 g/mol. The van der Waals surface area contributed by atoms with Crippen LogP contribution in [-0.2, 0) is 17.8 Å². The maximum atomic E-state index is 12.5. The fraction of sp³-hybridized carbons (Fsp3) is 0.682. The van der Waals surface area contributed by atoms with E-state index in [2.05, 4.69) is 53.6 Å². The summed E-state index contributed by atoms with van der Waals surface area (Å²) in [4.78, 5) is 15.0. The molecule has 2 aliphatic heterocycles. The Balaban J connectivity index is 0.00000196. The Morgan fingerprint density at radius 3 is 2.57 bits per heavy atom. The second-order valence-electron chi connectivity index (χ2n) is 8.12. The number of amides is 1. The number of carbonyl (C=O) groups is 1. The highest BCUT2D eigenvalue weighted by Crippen LogP contribution is 2.24. The molecule has 1 fully saturated rings. The molecule has 0 aromatic heterocycles. The first-order valence-electron chi connectivity index (χ1n) is 10.5. The summed E-state index contributed by atoms with van der Waals surface area (Å²) < 4.78 is 0. The Morgan fingerprint density at radius 1 is 1.21 bits per heavy atom. The van der Waals surface area contributed by atoms with Crippen molar-refractivity contribution in [1.82, 2.24) is 15.5 Å². The lowest BCUT2D eigenvalue weighted by atomic mass is 9.84. The number of nitrogens with one attached hydrogen (secondary N) is 2. The molecule has 0 spiro atoms. The Labute approximate surface area is 183 Å². The maximum Gasteiger partial charge on any atom is 0.220 e. The molecule has 0 aliphatic carbocycles. The molecule has 0 saturated carbocycles. The summed E-state index contributed by atoms with van der Waals surface area (Å²) in [6, 6.07) is 9.19. The molecule has 160 valence electrons. The van der Waals surface area contributed by atoms with E-state index in [1.165, 1.54) is 24.0 Å². The Kier molecular flexibility index (Phi) is 11.4. The number of nitrogens with zero attached hydrogens (tertiary/aromatic N) is 1. The van der Waals surface area contributed by atoms with Gasteiger partial charge in [0.1, 0.15) is 0 Å². The van der Waals surface area contributed by atoms with Gasteiger partial charge in [-0.1, -0.05) is 38.1 Å². The van der Waals surface area contributed by atoms with Crippen LogP contribution in [0.15, 0.2) is 24.3 Å². The smallest absolute Gasteiger partial charge is 0.220 e.